The molecule has 130 valence electrons. The highest BCUT2D eigenvalue weighted by Crippen LogP contribution is 2.20. The molecule has 0 saturated carbocycles. The summed E-state index contributed by atoms with van der Waals surface area (Å²) in [5.41, 5.74) is 0. The van der Waals surface area contributed by atoms with E-state index in [1.165, 1.54) is 12.8 Å². The van der Waals surface area contributed by atoms with Crippen LogP contribution in [0.3, 0.4) is 0 Å². The number of amides is 2. The van der Waals surface area contributed by atoms with E-state index >= 15 is 0 Å². The van der Waals surface area contributed by atoms with E-state index < -0.39 is 0 Å². The lowest BCUT2D eigenvalue weighted by molar-refractivity contribution is -0.125. The second-order valence-corrected chi connectivity index (χ2v) is 6.23. The Morgan fingerprint density at radius 3 is 2.83 bits per heavy atom. The van der Waals surface area contributed by atoms with Crippen molar-refractivity contribution >= 4 is 23.5 Å². The maximum atomic E-state index is 11.9. The highest BCUT2D eigenvalue weighted by atomic mass is 16.2. The van der Waals surface area contributed by atoms with E-state index in [-0.39, 0.29) is 17.9 Å². The molecular weight excluding hydrogens is 308 g/mol. The fraction of sp³-hybridized carbons (Fsp3) is 0.625. The van der Waals surface area contributed by atoms with Gasteiger partial charge in [0.2, 0.25) is 11.8 Å². The number of aromatic nitrogens is 2. The molecule has 8 nitrogen and oxygen atoms in total. The van der Waals surface area contributed by atoms with Crippen molar-refractivity contribution in [1.82, 2.24) is 20.6 Å². The molecule has 1 unspecified atom stereocenters. The normalized spacial score (nSPS) is 20.1. The van der Waals surface area contributed by atoms with E-state index in [1.807, 2.05) is 13.0 Å². The van der Waals surface area contributed by atoms with Gasteiger partial charge < -0.3 is 20.9 Å². The summed E-state index contributed by atoms with van der Waals surface area (Å²) >= 11 is 0. The summed E-state index contributed by atoms with van der Waals surface area (Å²) in [7, 11) is 0. The van der Waals surface area contributed by atoms with Gasteiger partial charge >= 0.3 is 0 Å². The Bertz CT molecular complexity index is 615. The molecule has 2 saturated heterocycles. The summed E-state index contributed by atoms with van der Waals surface area (Å²) in [6, 6.07) is 1.57. The number of nitrogens with one attached hydrogen (secondary N) is 3. The number of rotatable bonds is 6. The van der Waals surface area contributed by atoms with Gasteiger partial charge in [0.1, 0.15) is 23.5 Å². The second-order valence-electron chi connectivity index (χ2n) is 6.23. The van der Waals surface area contributed by atoms with Gasteiger partial charge in [-0.15, -0.1) is 0 Å². The summed E-state index contributed by atoms with van der Waals surface area (Å²) in [6.45, 7) is 5.02. The van der Waals surface area contributed by atoms with Crippen LogP contribution in [-0.4, -0.2) is 54.0 Å². The molecule has 0 aromatic carbocycles. The average molecular weight is 332 g/mol. The van der Waals surface area contributed by atoms with Gasteiger partial charge in [-0.1, -0.05) is 0 Å². The van der Waals surface area contributed by atoms with Crippen LogP contribution >= 0.6 is 0 Å². The fourth-order valence-corrected chi connectivity index (χ4v) is 3.06. The molecule has 1 aromatic heterocycles. The van der Waals surface area contributed by atoms with Crippen LogP contribution in [0.25, 0.3) is 0 Å². The molecule has 2 amide bonds. The van der Waals surface area contributed by atoms with Gasteiger partial charge in [-0.25, -0.2) is 9.97 Å². The van der Waals surface area contributed by atoms with Crippen LogP contribution in [0.5, 0.6) is 0 Å². The molecule has 2 fully saturated rings. The molecule has 0 bridgehead atoms. The van der Waals surface area contributed by atoms with Crippen molar-refractivity contribution in [3.63, 3.8) is 0 Å². The van der Waals surface area contributed by atoms with Crippen molar-refractivity contribution in [1.29, 1.82) is 0 Å². The first-order valence-electron chi connectivity index (χ1n) is 8.53. The molecule has 1 atom stereocenters. The molecular formula is C16H24N6O2. The summed E-state index contributed by atoms with van der Waals surface area (Å²) in [5, 5.41) is 8.71. The van der Waals surface area contributed by atoms with Gasteiger partial charge in [0.05, 0.1) is 0 Å². The Balaban J connectivity index is 1.46. The van der Waals surface area contributed by atoms with Gasteiger partial charge in [-0.3, -0.25) is 9.59 Å². The van der Waals surface area contributed by atoms with E-state index in [1.54, 1.807) is 0 Å². The van der Waals surface area contributed by atoms with Crippen molar-refractivity contribution in [3.05, 3.63) is 11.9 Å². The first-order chi connectivity index (χ1) is 11.6. The van der Waals surface area contributed by atoms with Crippen LogP contribution in [-0.2, 0) is 9.59 Å². The number of aryl methyl sites for hydroxylation is 1. The number of nitrogens with zero attached hydrogens (tertiary/aromatic N) is 3. The van der Waals surface area contributed by atoms with Gasteiger partial charge in [0.15, 0.2) is 0 Å². The lowest BCUT2D eigenvalue weighted by Gasteiger charge is -2.18. The standard InChI is InChI=1S/C16H24N6O2/c1-11-19-13(10-14(20-11)22-8-2-3-9-22)17-6-7-18-16(24)12-4-5-15(23)21-12/h10,12H,2-9H2,1H3,(H,18,24)(H,21,23)(H,17,19,20). The molecule has 24 heavy (non-hydrogen) atoms. The van der Waals surface area contributed by atoms with Gasteiger partial charge in [-0.2, -0.15) is 0 Å². The smallest absolute Gasteiger partial charge is 0.242 e. The van der Waals surface area contributed by atoms with Crippen molar-refractivity contribution in [2.45, 2.75) is 38.6 Å². The lowest BCUT2D eigenvalue weighted by Crippen LogP contribution is -2.43. The van der Waals surface area contributed by atoms with E-state index in [9.17, 15) is 9.59 Å². The number of hydrogen-bond donors (Lipinski definition) is 3. The Kier molecular flexibility index (Phi) is 5.12. The molecule has 0 aliphatic carbocycles. The predicted molar refractivity (Wildman–Crippen MR) is 90.9 cm³/mol. The number of carbonyl (C=O) groups excluding carboxylic acids is 2. The third-order valence-corrected chi connectivity index (χ3v) is 4.30. The van der Waals surface area contributed by atoms with E-state index in [0.29, 0.717) is 25.9 Å². The SMILES string of the molecule is Cc1nc(NCCNC(=O)C2CCC(=O)N2)cc(N2CCCC2)n1. The zero-order chi connectivity index (χ0) is 16.9. The monoisotopic (exact) mass is 332 g/mol. The Morgan fingerprint density at radius 2 is 2.12 bits per heavy atom. The molecule has 0 spiro atoms. The molecule has 2 aliphatic heterocycles. The number of hydrogen-bond acceptors (Lipinski definition) is 6. The summed E-state index contributed by atoms with van der Waals surface area (Å²) in [5.74, 6) is 2.28. The van der Waals surface area contributed by atoms with Crippen LogP contribution in [0.2, 0.25) is 0 Å². The summed E-state index contributed by atoms with van der Waals surface area (Å²) in [4.78, 5) is 34.2. The summed E-state index contributed by atoms with van der Waals surface area (Å²) < 4.78 is 0. The maximum absolute atomic E-state index is 11.9. The highest BCUT2D eigenvalue weighted by Gasteiger charge is 2.26. The van der Waals surface area contributed by atoms with Crippen molar-refractivity contribution in [2.24, 2.45) is 0 Å². The van der Waals surface area contributed by atoms with Crippen LogP contribution in [0, 0.1) is 6.92 Å². The minimum atomic E-state index is -0.388. The first kappa shape index (κ1) is 16.5. The predicted octanol–water partition coefficient (Wildman–Crippen LogP) is 0.192. The van der Waals surface area contributed by atoms with Crippen molar-refractivity contribution < 1.29 is 9.59 Å². The topological polar surface area (TPSA) is 99.2 Å². The van der Waals surface area contributed by atoms with Gasteiger partial charge in [0, 0.05) is 38.7 Å². The molecule has 1 aromatic rings. The lowest BCUT2D eigenvalue weighted by atomic mass is 10.2. The van der Waals surface area contributed by atoms with E-state index in [2.05, 4.69) is 30.8 Å². The first-order valence-corrected chi connectivity index (χ1v) is 8.53. The molecule has 2 aliphatic rings. The zero-order valence-electron chi connectivity index (χ0n) is 14.0. The maximum Gasteiger partial charge on any atom is 0.242 e. The average Bonchev–Trinajstić information content (AvgIpc) is 3.22. The largest absolute Gasteiger partial charge is 0.368 e. The summed E-state index contributed by atoms with van der Waals surface area (Å²) in [6.07, 6.45) is 3.41. The van der Waals surface area contributed by atoms with E-state index in [0.717, 1.165) is 30.5 Å². The van der Waals surface area contributed by atoms with E-state index in [4.69, 9.17) is 0 Å². The highest BCUT2D eigenvalue weighted by molar-refractivity contribution is 5.90. The minimum absolute atomic E-state index is 0.0563. The third kappa shape index (κ3) is 4.12. The van der Waals surface area contributed by atoms with Crippen LogP contribution in [0.1, 0.15) is 31.5 Å². The molecule has 0 radical (unpaired) electrons. The Labute approximate surface area is 141 Å². The zero-order valence-corrected chi connectivity index (χ0v) is 14.0. The fourth-order valence-electron chi connectivity index (χ4n) is 3.06. The van der Waals surface area contributed by atoms with Crippen LogP contribution in [0.4, 0.5) is 11.6 Å². The Hall–Kier alpha value is -2.38. The molecule has 3 rings (SSSR count). The van der Waals surface area contributed by atoms with Crippen molar-refractivity contribution in [3.8, 4) is 0 Å². The molecule has 3 N–H and O–H groups in total. The third-order valence-electron chi connectivity index (χ3n) is 4.30. The second kappa shape index (κ2) is 7.46. The van der Waals surface area contributed by atoms with Gasteiger partial charge in [-0.05, 0) is 26.2 Å². The number of carbonyl (C=O) groups is 2. The molecule has 8 heteroatoms. The Morgan fingerprint density at radius 1 is 1.33 bits per heavy atom. The van der Waals surface area contributed by atoms with Gasteiger partial charge in [0.25, 0.3) is 0 Å². The van der Waals surface area contributed by atoms with Crippen molar-refractivity contribution in [2.75, 3.05) is 36.4 Å². The van der Waals surface area contributed by atoms with Crippen LogP contribution < -0.4 is 20.9 Å². The minimum Gasteiger partial charge on any atom is -0.368 e. The quantitative estimate of drug-likeness (QED) is 0.643. The number of anilines is 2. The van der Waals surface area contributed by atoms with Crippen LogP contribution in [0.15, 0.2) is 6.07 Å². The molecule has 3 heterocycles.